The fourth-order valence-electron chi connectivity index (χ4n) is 1.45. The number of hydrogen-bond donors (Lipinski definition) is 0. The molecule has 68 valence electrons. The number of benzene rings is 1. The van der Waals surface area contributed by atoms with Gasteiger partial charge in [-0.15, -0.1) is 0 Å². The maximum Gasteiger partial charge on any atom is 1.00 e. The zero-order chi connectivity index (χ0) is 9.97. The molecule has 0 aliphatic heterocycles. The van der Waals surface area contributed by atoms with Crippen molar-refractivity contribution >= 4 is 5.57 Å². The Morgan fingerprint density at radius 1 is 1.27 bits per heavy atom. The molecular formula is C13H10NaO+. The van der Waals surface area contributed by atoms with E-state index in [1.807, 2.05) is 49.4 Å². The summed E-state index contributed by atoms with van der Waals surface area (Å²) in [6.07, 6.45) is 10.4. The third kappa shape index (κ3) is 2.58. The molecule has 15 heavy (non-hydrogen) atoms. The van der Waals surface area contributed by atoms with Crippen molar-refractivity contribution in [2.24, 2.45) is 0 Å². The van der Waals surface area contributed by atoms with E-state index in [2.05, 4.69) is 6.08 Å². The summed E-state index contributed by atoms with van der Waals surface area (Å²) in [5.41, 5.74) is 2.51. The Balaban J connectivity index is 0.00000112. The molecule has 1 nitrogen and oxygen atoms in total. The zero-order valence-electron chi connectivity index (χ0n) is 8.95. The standard InChI is InChI=1S/C13H10O.Na/c1-10-6-5-9-12(13(10)14)11-7-3-2-4-8-11;/h3-9H,1H3;/q;+1. The van der Waals surface area contributed by atoms with Gasteiger partial charge in [-0.2, -0.15) is 0 Å². The third-order valence-electron chi connectivity index (χ3n) is 2.24. The SMILES string of the molecule is Cc1cccc(C2=CC=[C+]C=C2)c1[O-].[Na+]. The smallest absolute Gasteiger partial charge is 0.872 e. The van der Waals surface area contributed by atoms with Gasteiger partial charge in [0.15, 0.2) is 0 Å². The van der Waals surface area contributed by atoms with Crippen LogP contribution < -0.4 is 34.7 Å². The number of para-hydroxylation sites is 1. The van der Waals surface area contributed by atoms with Crippen LogP contribution in [0.2, 0.25) is 0 Å². The van der Waals surface area contributed by atoms with Gasteiger partial charge >= 0.3 is 29.6 Å². The molecule has 0 radical (unpaired) electrons. The molecule has 1 aliphatic carbocycles. The summed E-state index contributed by atoms with van der Waals surface area (Å²) >= 11 is 0. The average molecular weight is 205 g/mol. The molecule has 2 heteroatoms. The van der Waals surface area contributed by atoms with Crippen molar-refractivity contribution in [3.63, 3.8) is 0 Å². The monoisotopic (exact) mass is 205 g/mol. The van der Waals surface area contributed by atoms with Gasteiger partial charge in [-0.1, -0.05) is 29.5 Å². The Labute approximate surface area is 112 Å². The fourth-order valence-corrected chi connectivity index (χ4v) is 1.45. The minimum Gasteiger partial charge on any atom is -0.872 e. The minimum absolute atomic E-state index is 0. The maximum atomic E-state index is 11.8. The molecule has 0 bridgehead atoms. The summed E-state index contributed by atoms with van der Waals surface area (Å²) in [6.45, 7) is 1.83. The summed E-state index contributed by atoms with van der Waals surface area (Å²) in [4.78, 5) is 0. The summed E-state index contributed by atoms with van der Waals surface area (Å²) < 4.78 is 0. The molecule has 0 saturated heterocycles. The van der Waals surface area contributed by atoms with Gasteiger partial charge < -0.3 is 5.11 Å². The van der Waals surface area contributed by atoms with Crippen molar-refractivity contribution in [3.8, 4) is 5.75 Å². The number of hydrogen-bond acceptors (Lipinski definition) is 1. The third-order valence-corrected chi connectivity index (χ3v) is 2.24. The van der Waals surface area contributed by atoms with Crippen LogP contribution in [-0.4, -0.2) is 0 Å². The van der Waals surface area contributed by atoms with Crippen LogP contribution in [-0.2, 0) is 0 Å². The van der Waals surface area contributed by atoms with Crippen LogP contribution in [0.4, 0.5) is 0 Å². The van der Waals surface area contributed by atoms with Gasteiger partial charge in [-0.3, -0.25) is 0 Å². The first-order chi connectivity index (χ1) is 6.79. The van der Waals surface area contributed by atoms with Crippen molar-refractivity contribution < 1.29 is 34.7 Å². The van der Waals surface area contributed by atoms with E-state index < -0.39 is 0 Å². The summed E-state index contributed by atoms with van der Waals surface area (Å²) in [5, 5.41) is 11.8. The van der Waals surface area contributed by atoms with Gasteiger partial charge in [0.2, 0.25) is 0 Å². The van der Waals surface area contributed by atoms with Gasteiger partial charge in [-0.05, 0) is 6.92 Å². The largest absolute Gasteiger partial charge is 1.00 e. The van der Waals surface area contributed by atoms with Crippen LogP contribution in [0.15, 0.2) is 42.5 Å². The maximum absolute atomic E-state index is 11.8. The molecule has 0 unspecified atom stereocenters. The summed E-state index contributed by atoms with van der Waals surface area (Å²) in [7, 11) is 0. The Bertz CT molecular complexity index is 442. The van der Waals surface area contributed by atoms with Gasteiger partial charge in [0.25, 0.3) is 0 Å². The molecule has 1 aromatic rings. The molecule has 0 fully saturated rings. The van der Waals surface area contributed by atoms with Crippen molar-refractivity contribution in [3.05, 3.63) is 59.7 Å². The van der Waals surface area contributed by atoms with Gasteiger partial charge in [0.05, 0.1) is 17.7 Å². The van der Waals surface area contributed by atoms with E-state index in [9.17, 15) is 5.11 Å². The molecule has 0 amide bonds. The normalized spacial score (nSPS) is 12.7. The van der Waals surface area contributed by atoms with Crippen molar-refractivity contribution in [1.82, 2.24) is 0 Å². The molecule has 0 atom stereocenters. The first-order valence-corrected chi connectivity index (χ1v) is 4.52. The van der Waals surface area contributed by atoms with Crippen LogP contribution in [0.25, 0.3) is 5.57 Å². The first kappa shape index (κ1) is 12.2. The zero-order valence-corrected chi connectivity index (χ0v) is 10.9. The Morgan fingerprint density at radius 3 is 2.73 bits per heavy atom. The van der Waals surface area contributed by atoms with Gasteiger partial charge in [0, 0.05) is 11.6 Å². The average Bonchev–Trinajstić information content (AvgIpc) is 2.23. The van der Waals surface area contributed by atoms with E-state index in [0.29, 0.717) is 0 Å². The van der Waals surface area contributed by atoms with Crippen molar-refractivity contribution in [2.75, 3.05) is 0 Å². The number of aryl methyl sites for hydroxylation is 1. The fraction of sp³-hybridized carbons (Fsp3) is 0.0769. The second kappa shape index (κ2) is 5.29. The van der Waals surface area contributed by atoms with Crippen LogP contribution in [0.5, 0.6) is 5.75 Å². The molecule has 0 heterocycles. The molecule has 0 N–H and O–H groups in total. The van der Waals surface area contributed by atoms with Gasteiger partial charge in [-0.25, -0.2) is 0 Å². The molecule has 0 saturated carbocycles. The second-order valence-corrected chi connectivity index (χ2v) is 3.24. The van der Waals surface area contributed by atoms with Crippen molar-refractivity contribution in [2.45, 2.75) is 6.92 Å². The first-order valence-electron chi connectivity index (χ1n) is 4.52. The minimum atomic E-state index is 0. The van der Waals surface area contributed by atoms with Crippen LogP contribution in [0.1, 0.15) is 11.1 Å². The topological polar surface area (TPSA) is 23.1 Å². The summed E-state index contributed by atoms with van der Waals surface area (Å²) in [6, 6.07) is 5.59. The quantitative estimate of drug-likeness (QED) is 0.443. The Kier molecular flexibility index (Phi) is 4.31. The predicted octanol–water partition coefficient (Wildman–Crippen LogP) is -0.615. The van der Waals surface area contributed by atoms with E-state index in [1.54, 1.807) is 0 Å². The van der Waals surface area contributed by atoms with E-state index in [4.69, 9.17) is 0 Å². The van der Waals surface area contributed by atoms with E-state index >= 15 is 0 Å². The molecule has 0 aromatic heterocycles. The molecule has 1 aliphatic rings. The molecule has 0 spiro atoms. The van der Waals surface area contributed by atoms with Crippen LogP contribution in [0.3, 0.4) is 0 Å². The van der Waals surface area contributed by atoms with E-state index in [-0.39, 0.29) is 35.3 Å². The van der Waals surface area contributed by atoms with Crippen LogP contribution in [0, 0.1) is 13.0 Å². The van der Waals surface area contributed by atoms with Gasteiger partial charge in [0.1, 0.15) is 12.2 Å². The second-order valence-electron chi connectivity index (χ2n) is 3.24. The number of rotatable bonds is 1. The molecule has 1 aromatic carbocycles. The van der Waals surface area contributed by atoms with Crippen molar-refractivity contribution in [1.29, 1.82) is 0 Å². The molecular weight excluding hydrogens is 195 g/mol. The number of allylic oxidation sites excluding steroid dienone is 6. The Morgan fingerprint density at radius 2 is 2.07 bits per heavy atom. The summed E-state index contributed by atoms with van der Waals surface area (Å²) in [5.74, 6) is 0.110. The van der Waals surface area contributed by atoms with Crippen LogP contribution >= 0.6 is 0 Å². The predicted molar refractivity (Wildman–Crippen MR) is 55.6 cm³/mol. The van der Waals surface area contributed by atoms with E-state index in [1.165, 1.54) is 0 Å². The molecule has 2 rings (SSSR count). The van der Waals surface area contributed by atoms with E-state index in [0.717, 1.165) is 16.7 Å². The Hall–Kier alpha value is -0.850.